The molecule has 1 aromatic carbocycles. The number of likely N-dealkylation sites (tertiary alicyclic amines) is 1. The van der Waals surface area contributed by atoms with Gasteiger partial charge in [0.15, 0.2) is 0 Å². The topological polar surface area (TPSA) is 29.3 Å². The van der Waals surface area contributed by atoms with E-state index in [0.717, 1.165) is 6.54 Å². The van der Waals surface area contributed by atoms with Gasteiger partial charge in [-0.05, 0) is 12.0 Å². The van der Waals surface area contributed by atoms with E-state index in [1.54, 1.807) is 0 Å². The van der Waals surface area contributed by atoms with Gasteiger partial charge in [0.1, 0.15) is 0 Å². The third-order valence-corrected chi connectivity index (χ3v) is 2.74. The second kappa shape index (κ2) is 3.90. The molecule has 1 fully saturated rings. The Morgan fingerprint density at radius 3 is 2.38 bits per heavy atom. The molecule has 2 heteroatoms. The second-order valence-corrected chi connectivity index (χ2v) is 3.55. The van der Waals surface area contributed by atoms with Crippen LogP contribution in [0.15, 0.2) is 30.3 Å². The van der Waals surface area contributed by atoms with E-state index in [2.05, 4.69) is 29.2 Å². The second-order valence-electron chi connectivity index (χ2n) is 3.55. The van der Waals surface area contributed by atoms with Gasteiger partial charge in [-0.3, -0.25) is 4.90 Å². The van der Waals surface area contributed by atoms with Crippen molar-refractivity contribution < 1.29 is 0 Å². The smallest absolute Gasteiger partial charge is 0.0470 e. The molecule has 1 unspecified atom stereocenters. The summed E-state index contributed by atoms with van der Waals surface area (Å²) in [6.07, 6.45) is 1.32. The van der Waals surface area contributed by atoms with E-state index in [1.165, 1.54) is 25.1 Å². The van der Waals surface area contributed by atoms with Crippen molar-refractivity contribution in [3.05, 3.63) is 35.9 Å². The summed E-state index contributed by atoms with van der Waals surface area (Å²) in [5.41, 5.74) is 7.13. The minimum atomic E-state index is 0.440. The Hall–Kier alpha value is -0.860. The molecule has 1 aliphatic heterocycles. The Bertz CT molecular complexity index is 254. The van der Waals surface area contributed by atoms with Crippen molar-refractivity contribution in [1.29, 1.82) is 0 Å². The molecule has 0 bridgehead atoms. The van der Waals surface area contributed by atoms with Gasteiger partial charge in [0.25, 0.3) is 0 Å². The summed E-state index contributed by atoms with van der Waals surface area (Å²) in [7, 11) is 0. The molecule has 2 nitrogen and oxygen atoms in total. The first-order valence-electron chi connectivity index (χ1n) is 4.91. The molecular weight excluding hydrogens is 160 g/mol. The molecule has 0 aromatic heterocycles. The Morgan fingerprint density at radius 2 is 1.92 bits per heavy atom. The molecule has 0 aliphatic carbocycles. The first kappa shape index (κ1) is 8.73. The minimum Gasteiger partial charge on any atom is -0.329 e. The van der Waals surface area contributed by atoms with Crippen molar-refractivity contribution in [3.63, 3.8) is 0 Å². The van der Waals surface area contributed by atoms with Crippen molar-refractivity contribution in [1.82, 2.24) is 4.90 Å². The van der Waals surface area contributed by atoms with Crippen LogP contribution in [-0.2, 0) is 0 Å². The van der Waals surface area contributed by atoms with Gasteiger partial charge in [0, 0.05) is 25.7 Å². The maximum Gasteiger partial charge on any atom is 0.0470 e. The van der Waals surface area contributed by atoms with Crippen molar-refractivity contribution in [2.75, 3.05) is 19.6 Å². The first-order valence-corrected chi connectivity index (χ1v) is 4.91. The van der Waals surface area contributed by atoms with E-state index < -0.39 is 0 Å². The molecule has 1 aliphatic rings. The molecule has 2 rings (SSSR count). The van der Waals surface area contributed by atoms with Gasteiger partial charge in [-0.2, -0.15) is 0 Å². The fourth-order valence-corrected chi connectivity index (χ4v) is 1.82. The van der Waals surface area contributed by atoms with Gasteiger partial charge < -0.3 is 5.73 Å². The highest BCUT2D eigenvalue weighted by atomic mass is 15.2. The highest BCUT2D eigenvalue weighted by molar-refractivity contribution is 5.19. The number of nitrogens with zero attached hydrogens (tertiary/aromatic N) is 1. The van der Waals surface area contributed by atoms with Crippen molar-refractivity contribution in [3.8, 4) is 0 Å². The lowest BCUT2D eigenvalue weighted by molar-refractivity contribution is 0.122. The highest BCUT2D eigenvalue weighted by Crippen LogP contribution is 2.23. The van der Waals surface area contributed by atoms with Crippen molar-refractivity contribution in [2.24, 2.45) is 5.73 Å². The Labute approximate surface area is 79.4 Å². The summed E-state index contributed by atoms with van der Waals surface area (Å²) < 4.78 is 0. The monoisotopic (exact) mass is 176 g/mol. The maximum absolute atomic E-state index is 5.77. The lowest BCUT2D eigenvalue weighted by atomic mass is 10.0. The summed E-state index contributed by atoms with van der Waals surface area (Å²) in [4.78, 5) is 2.44. The van der Waals surface area contributed by atoms with E-state index in [1.807, 2.05) is 6.07 Å². The van der Waals surface area contributed by atoms with Crippen molar-refractivity contribution >= 4 is 0 Å². The third kappa shape index (κ3) is 1.74. The first-order chi connectivity index (χ1) is 6.42. The van der Waals surface area contributed by atoms with Gasteiger partial charge in [0.05, 0.1) is 0 Å². The average molecular weight is 176 g/mol. The summed E-state index contributed by atoms with van der Waals surface area (Å²) in [5.74, 6) is 0. The van der Waals surface area contributed by atoms with Crippen LogP contribution in [0.2, 0.25) is 0 Å². The standard InChI is InChI=1S/C11H16N2/c12-9-11(13-7-4-8-13)10-5-2-1-3-6-10/h1-3,5-6,11H,4,7-9,12H2. The van der Waals surface area contributed by atoms with Crippen LogP contribution in [0, 0.1) is 0 Å². The molecule has 0 saturated carbocycles. The molecule has 1 atom stereocenters. The molecule has 0 radical (unpaired) electrons. The largest absolute Gasteiger partial charge is 0.329 e. The molecule has 13 heavy (non-hydrogen) atoms. The van der Waals surface area contributed by atoms with Crippen LogP contribution >= 0.6 is 0 Å². The lowest BCUT2D eigenvalue weighted by Gasteiger charge is -2.38. The zero-order chi connectivity index (χ0) is 9.10. The van der Waals surface area contributed by atoms with Crippen LogP contribution in [0.1, 0.15) is 18.0 Å². The molecule has 70 valence electrons. The van der Waals surface area contributed by atoms with Crippen LogP contribution in [0.5, 0.6) is 0 Å². The summed E-state index contributed by atoms with van der Waals surface area (Å²) in [6, 6.07) is 11.0. The number of nitrogens with two attached hydrogens (primary N) is 1. The molecule has 0 spiro atoms. The van der Waals surface area contributed by atoms with Crippen LogP contribution in [0.4, 0.5) is 0 Å². The molecule has 1 aromatic rings. The SMILES string of the molecule is NCC(c1ccccc1)N1CCC1. The van der Waals surface area contributed by atoms with Crippen LogP contribution in [0.3, 0.4) is 0 Å². The number of rotatable bonds is 3. The lowest BCUT2D eigenvalue weighted by Crippen LogP contribution is -2.43. The molecule has 1 saturated heterocycles. The summed E-state index contributed by atoms with van der Waals surface area (Å²) in [6.45, 7) is 3.14. The predicted octanol–water partition coefficient (Wildman–Crippen LogP) is 1.39. The van der Waals surface area contributed by atoms with Crippen molar-refractivity contribution in [2.45, 2.75) is 12.5 Å². The normalized spacial score (nSPS) is 19.5. The Balaban J connectivity index is 2.12. The van der Waals surface area contributed by atoms with Gasteiger partial charge in [-0.1, -0.05) is 30.3 Å². The van der Waals surface area contributed by atoms with Crippen LogP contribution in [-0.4, -0.2) is 24.5 Å². The van der Waals surface area contributed by atoms with Gasteiger partial charge in [-0.25, -0.2) is 0 Å². The molecular formula is C11H16N2. The molecule has 2 N–H and O–H groups in total. The minimum absolute atomic E-state index is 0.440. The number of hydrogen-bond acceptors (Lipinski definition) is 2. The van der Waals surface area contributed by atoms with Gasteiger partial charge >= 0.3 is 0 Å². The molecule has 0 amide bonds. The van der Waals surface area contributed by atoms with E-state index >= 15 is 0 Å². The Kier molecular flexibility index (Phi) is 2.62. The maximum atomic E-state index is 5.77. The zero-order valence-corrected chi connectivity index (χ0v) is 7.82. The van der Waals surface area contributed by atoms with E-state index in [4.69, 9.17) is 5.73 Å². The summed E-state index contributed by atoms with van der Waals surface area (Å²) in [5, 5.41) is 0. The average Bonchev–Trinajstić information content (AvgIpc) is 2.12. The summed E-state index contributed by atoms with van der Waals surface area (Å²) >= 11 is 0. The van der Waals surface area contributed by atoms with Gasteiger partial charge in [0.2, 0.25) is 0 Å². The van der Waals surface area contributed by atoms with E-state index in [0.29, 0.717) is 6.04 Å². The zero-order valence-electron chi connectivity index (χ0n) is 7.82. The number of benzene rings is 1. The number of hydrogen-bond donors (Lipinski definition) is 1. The van der Waals surface area contributed by atoms with Gasteiger partial charge in [-0.15, -0.1) is 0 Å². The fraction of sp³-hybridized carbons (Fsp3) is 0.455. The molecule has 1 heterocycles. The van der Waals surface area contributed by atoms with Crippen LogP contribution < -0.4 is 5.73 Å². The van der Waals surface area contributed by atoms with E-state index in [-0.39, 0.29) is 0 Å². The highest BCUT2D eigenvalue weighted by Gasteiger charge is 2.23. The fourth-order valence-electron chi connectivity index (χ4n) is 1.82. The Morgan fingerprint density at radius 1 is 1.23 bits per heavy atom. The third-order valence-electron chi connectivity index (χ3n) is 2.74. The predicted molar refractivity (Wildman–Crippen MR) is 54.4 cm³/mol. The quantitative estimate of drug-likeness (QED) is 0.754. The van der Waals surface area contributed by atoms with Crippen LogP contribution in [0.25, 0.3) is 0 Å². The van der Waals surface area contributed by atoms with E-state index in [9.17, 15) is 0 Å².